The maximum Gasteiger partial charge on any atom is 0.414 e. The zero-order valence-corrected chi connectivity index (χ0v) is 27.5. The molecule has 0 aliphatic carbocycles. The first-order valence-corrected chi connectivity index (χ1v) is 18.8. The lowest BCUT2D eigenvalue weighted by molar-refractivity contribution is -0.150. The zero-order valence-electron chi connectivity index (χ0n) is 26.5. The Kier molecular flexibility index (Phi) is 8.77. The van der Waals surface area contributed by atoms with Crippen molar-refractivity contribution < 1.29 is 33.8 Å². The van der Waals surface area contributed by atoms with Crippen LogP contribution in [0.5, 0.6) is 0 Å². The quantitative estimate of drug-likeness (QED) is 0.315. The van der Waals surface area contributed by atoms with Crippen LogP contribution in [0.1, 0.15) is 30.0 Å². The molecule has 3 amide bonds. The zero-order chi connectivity index (χ0) is 32.6. The van der Waals surface area contributed by atoms with Crippen molar-refractivity contribution in [3.05, 3.63) is 95.6 Å². The molecule has 3 aliphatic heterocycles. The number of anilines is 2. The van der Waals surface area contributed by atoms with Gasteiger partial charge in [-0.15, -0.1) is 0 Å². The van der Waals surface area contributed by atoms with Gasteiger partial charge in [-0.2, -0.15) is 0 Å². The second-order valence-corrected chi connectivity index (χ2v) is 16.9. The van der Waals surface area contributed by atoms with Gasteiger partial charge in [0, 0.05) is 35.8 Å². The minimum absolute atomic E-state index is 0.0238. The second-order valence-electron chi connectivity index (χ2n) is 12.9. The molecule has 3 aliphatic rings. The van der Waals surface area contributed by atoms with Crippen molar-refractivity contribution in [1.29, 1.82) is 0 Å². The number of aliphatic hydroxyl groups excluding tert-OH is 1. The average molecular weight is 644 g/mol. The van der Waals surface area contributed by atoms with Gasteiger partial charge in [-0.3, -0.25) is 14.5 Å². The molecule has 0 radical (unpaired) electrons. The van der Waals surface area contributed by atoms with Crippen LogP contribution < -0.4 is 9.80 Å². The molecule has 0 bridgehead atoms. The monoisotopic (exact) mass is 643 g/mol. The van der Waals surface area contributed by atoms with Gasteiger partial charge in [0.05, 0.1) is 37.9 Å². The number of carbonyl (C=O) groups is 3. The molecule has 11 heteroatoms. The molecule has 4 atom stereocenters. The summed E-state index contributed by atoms with van der Waals surface area (Å²) in [6.07, 6.45) is -1.12. The smallest absolute Gasteiger partial charge is 0.414 e. The van der Waals surface area contributed by atoms with Gasteiger partial charge in [0.2, 0.25) is 5.91 Å². The topological polar surface area (TPSA) is 120 Å². The van der Waals surface area contributed by atoms with Crippen LogP contribution >= 0.6 is 0 Å². The molecule has 0 saturated carbocycles. The van der Waals surface area contributed by atoms with Crippen LogP contribution in [0, 0.1) is 5.92 Å². The molecular formula is C35H41N3O7Si. The van der Waals surface area contributed by atoms with Crippen molar-refractivity contribution in [3.8, 4) is 0 Å². The van der Waals surface area contributed by atoms with Crippen molar-refractivity contribution in [3.63, 3.8) is 0 Å². The lowest BCUT2D eigenvalue weighted by Crippen LogP contribution is -2.46. The van der Waals surface area contributed by atoms with E-state index < -0.39 is 37.6 Å². The number of para-hydroxylation sites is 1. The molecule has 242 valence electrons. The normalized spacial score (nSPS) is 24.1. The van der Waals surface area contributed by atoms with Crippen LogP contribution in [0.25, 0.3) is 0 Å². The molecule has 1 spiro atoms. The van der Waals surface area contributed by atoms with E-state index in [1.54, 1.807) is 14.7 Å². The fourth-order valence-corrected chi connectivity index (χ4v) is 10.1. The largest absolute Gasteiger partial charge is 0.447 e. The Hall–Kier alpha value is -4.03. The first-order chi connectivity index (χ1) is 22.0. The Bertz CT molecular complexity index is 1610. The van der Waals surface area contributed by atoms with Crippen molar-refractivity contribution in [2.45, 2.75) is 56.8 Å². The van der Waals surface area contributed by atoms with Gasteiger partial charge in [-0.05, 0) is 42.4 Å². The van der Waals surface area contributed by atoms with E-state index in [9.17, 15) is 24.3 Å². The molecule has 2 fully saturated rings. The molecule has 10 nitrogen and oxygen atoms in total. The number of nitrogens with zero attached hydrogens (tertiary/aromatic N) is 3. The predicted molar refractivity (Wildman–Crippen MR) is 175 cm³/mol. The summed E-state index contributed by atoms with van der Waals surface area (Å²) in [5.74, 6) is -0.855. The lowest BCUT2D eigenvalue weighted by atomic mass is 9.82. The predicted octanol–water partition coefficient (Wildman–Crippen LogP) is 4.40. The van der Waals surface area contributed by atoms with E-state index in [0.717, 1.165) is 22.4 Å². The maximum absolute atomic E-state index is 14.7. The van der Waals surface area contributed by atoms with Gasteiger partial charge in [0.25, 0.3) is 5.91 Å². The second kappa shape index (κ2) is 12.6. The highest BCUT2D eigenvalue weighted by atomic mass is 28.4. The van der Waals surface area contributed by atoms with Crippen LogP contribution in [-0.2, 0) is 37.8 Å². The van der Waals surface area contributed by atoms with Crippen molar-refractivity contribution in [2.24, 2.45) is 5.92 Å². The third-order valence-corrected chi connectivity index (χ3v) is 12.0. The number of carbonyl (C=O) groups excluding carboxylic acids is 3. The third-order valence-electron chi connectivity index (χ3n) is 9.53. The van der Waals surface area contributed by atoms with E-state index in [2.05, 4.69) is 0 Å². The van der Waals surface area contributed by atoms with Gasteiger partial charge in [-0.25, -0.2) is 4.79 Å². The van der Waals surface area contributed by atoms with Gasteiger partial charge in [0.1, 0.15) is 6.61 Å². The molecule has 0 aromatic heterocycles. The third kappa shape index (κ3) is 5.72. The minimum atomic E-state index is -2.98. The summed E-state index contributed by atoms with van der Waals surface area (Å²) in [4.78, 5) is 57.2. The first kappa shape index (κ1) is 31.9. The fraction of sp³-hybridized carbons (Fsp3) is 0.400. The van der Waals surface area contributed by atoms with Crippen LogP contribution in [-0.4, -0.2) is 73.4 Å². The maximum atomic E-state index is 14.7. The summed E-state index contributed by atoms with van der Waals surface area (Å²) in [5, 5.41) is 9.77. The Morgan fingerprint density at radius 2 is 1.74 bits per heavy atom. The standard InChI is InChI=1S/C35H41N3O7Si/c1-24-32(46(2,3)43)30(21-31(40)36(16-18-39)22-25-10-5-4-6-11-25)45-35(24)28-14-7-8-15-29(28)38(33(35)41)23-26-12-9-13-27(20-26)37-17-19-44-34(37)42/h4-15,20,24,30,32,39,43H,16-19,21-23H2,1-3H3/t24-,30+,32-,35+/m1/s1. The number of aliphatic hydroxyl groups is 1. The Morgan fingerprint density at radius 3 is 2.43 bits per heavy atom. The molecule has 2 saturated heterocycles. The highest BCUT2D eigenvalue weighted by Gasteiger charge is 2.66. The van der Waals surface area contributed by atoms with E-state index in [1.807, 2.05) is 98.9 Å². The van der Waals surface area contributed by atoms with E-state index in [-0.39, 0.29) is 37.9 Å². The van der Waals surface area contributed by atoms with Crippen LogP contribution in [0.2, 0.25) is 18.6 Å². The first-order valence-electron chi connectivity index (χ1n) is 15.8. The van der Waals surface area contributed by atoms with E-state index >= 15 is 0 Å². The number of benzene rings is 3. The molecule has 0 unspecified atom stereocenters. The molecule has 6 rings (SSSR count). The number of hydrogen-bond acceptors (Lipinski definition) is 7. The molecular weight excluding hydrogens is 602 g/mol. The Labute approximate surface area is 270 Å². The number of cyclic esters (lactones) is 1. The Balaban J connectivity index is 1.31. The molecule has 46 heavy (non-hydrogen) atoms. The SMILES string of the molecule is C[C@@H]1[C@@H]([Si](C)(C)O)[C@H](CC(=O)N(CCO)Cc2ccccc2)O[C@@]12C(=O)N(Cc1cccc(N3CCOC3=O)c1)c1ccccc12. The van der Waals surface area contributed by atoms with Crippen LogP contribution in [0.4, 0.5) is 16.2 Å². The highest BCUT2D eigenvalue weighted by molar-refractivity contribution is 6.71. The van der Waals surface area contributed by atoms with Gasteiger partial charge in [-0.1, -0.05) is 67.6 Å². The van der Waals surface area contributed by atoms with E-state index in [1.165, 1.54) is 0 Å². The number of fused-ring (bicyclic) bond motifs is 2. The van der Waals surface area contributed by atoms with Crippen LogP contribution in [0.15, 0.2) is 78.9 Å². The highest BCUT2D eigenvalue weighted by Crippen LogP contribution is 2.59. The molecule has 3 aromatic carbocycles. The number of ether oxygens (including phenoxy) is 2. The van der Waals surface area contributed by atoms with E-state index in [0.29, 0.717) is 25.4 Å². The summed E-state index contributed by atoms with van der Waals surface area (Å²) >= 11 is 0. The summed E-state index contributed by atoms with van der Waals surface area (Å²) in [5.41, 5.74) is 2.14. The van der Waals surface area contributed by atoms with Gasteiger partial charge < -0.3 is 29.2 Å². The summed E-state index contributed by atoms with van der Waals surface area (Å²) in [6, 6.07) is 24.7. The fourth-order valence-electron chi connectivity index (χ4n) is 7.54. The lowest BCUT2D eigenvalue weighted by Gasteiger charge is -2.32. The van der Waals surface area contributed by atoms with Crippen molar-refractivity contribution >= 4 is 37.6 Å². The summed E-state index contributed by atoms with van der Waals surface area (Å²) in [6.45, 7) is 6.98. The number of amides is 3. The van der Waals surface area contributed by atoms with Gasteiger partial charge in [0.15, 0.2) is 13.9 Å². The summed E-state index contributed by atoms with van der Waals surface area (Å²) in [7, 11) is -2.98. The Morgan fingerprint density at radius 1 is 1.02 bits per heavy atom. The van der Waals surface area contributed by atoms with Crippen LogP contribution in [0.3, 0.4) is 0 Å². The summed E-state index contributed by atoms with van der Waals surface area (Å²) < 4.78 is 12.0. The molecule has 3 heterocycles. The van der Waals surface area contributed by atoms with Gasteiger partial charge >= 0.3 is 6.09 Å². The van der Waals surface area contributed by atoms with Crippen molar-refractivity contribution in [2.75, 3.05) is 36.1 Å². The number of rotatable bonds is 10. The molecule has 3 aromatic rings. The average Bonchev–Trinajstić information content (AvgIpc) is 3.66. The number of hydrogen-bond donors (Lipinski definition) is 2. The molecule has 2 N–H and O–H groups in total. The minimum Gasteiger partial charge on any atom is -0.447 e. The van der Waals surface area contributed by atoms with Crippen molar-refractivity contribution in [1.82, 2.24) is 4.90 Å². The van der Waals surface area contributed by atoms with E-state index in [4.69, 9.17) is 9.47 Å².